The maximum absolute atomic E-state index is 5.14. The highest BCUT2D eigenvalue weighted by atomic mass is 15.5. The van der Waals surface area contributed by atoms with Crippen molar-refractivity contribution in [2.24, 2.45) is 5.92 Å². The molecule has 186 valence electrons. The summed E-state index contributed by atoms with van der Waals surface area (Å²) in [6, 6.07) is 22.5. The summed E-state index contributed by atoms with van der Waals surface area (Å²) in [6.07, 6.45) is 3.59. The van der Waals surface area contributed by atoms with Gasteiger partial charge in [-0.15, -0.1) is 5.10 Å². The number of benzene rings is 2. The van der Waals surface area contributed by atoms with Gasteiger partial charge in [-0.25, -0.2) is 20.1 Å². The molecule has 2 N–H and O–H groups in total. The van der Waals surface area contributed by atoms with Crippen molar-refractivity contribution in [3.8, 4) is 22.6 Å². The lowest BCUT2D eigenvalue weighted by Crippen LogP contribution is -2.28. The molecule has 0 aliphatic carbocycles. The number of pyridine rings is 1. The van der Waals surface area contributed by atoms with E-state index in [-0.39, 0.29) is 0 Å². The highest BCUT2D eigenvalue weighted by Gasteiger charge is 2.17. The number of aromatic nitrogens is 7. The molecule has 0 saturated heterocycles. The average molecular weight is 492 g/mol. The molecule has 0 amide bonds. The SMILES string of the molecule is Cc1cnc(Nc2cc(-c3ccccc3-c3nnn[nH]3)nc(N(Cc3ccccc3)CC(C)C)c2)nc1. The number of H-pyrrole nitrogens is 1. The Labute approximate surface area is 216 Å². The van der Waals surface area contributed by atoms with Crippen LogP contribution in [0.5, 0.6) is 0 Å². The summed E-state index contributed by atoms with van der Waals surface area (Å²) in [6.45, 7) is 7.99. The standard InChI is InChI=1S/C28H29N9/c1-19(2)17-37(18-21-9-5-4-6-10-21)26-14-22(31-28-29-15-20(3)16-30-28)13-25(32-26)23-11-7-8-12-24(23)27-33-35-36-34-27/h4-16,19H,17-18H2,1-3H3,(H,29,30,31,32)(H,33,34,35,36). The second kappa shape index (κ2) is 10.9. The lowest BCUT2D eigenvalue weighted by molar-refractivity contribution is 0.605. The van der Waals surface area contributed by atoms with E-state index in [4.69, 9.17) is 4.98 Å². The third kappa shape index (κ3) is 5.95. The molecule has 0 bridgehead atoms. The van der Waals surface area contributed by atoms with E-state index >= 15 is 0 Å². The lowest BCUT2D eigenvalue weighted by Gasteiger charge is -2.27. The first kappa shape index (κ1) is 24.1. The highest BCUT2D eigenvalue weighted by molar-refractivity contribution is 5.81. The molecular weight excluding hydrogens is 462 g/mol. The van der Waals surface area contributed by atoms with Gasteiger partial charge in [0.15, 0.2) is 5.82 Å². The van der Waals surface area contributed by atoms with Crippen molar-refractivity contribution < 1.29 is 0 Å². The number of tetrazole rings is 1. The zero-order valence-electron chi connectivity index (χ0n) is 21.1. The minimum Gasteiger partial charge on any atom is -0.352 e. The van der Waals surface area contributed by atoms with Crippen LogP contribution in [0.1, 0.15) is 25.0 Å². The Morgan fingerprint density at radius 1 is 0.919 bits per heavy atom. The molecule has 9 nitrogen and oxygen atoms in total. The third-order valence-electron chi connectivity index (χ3n) is 5.78. The van der Waals surface area contributed by atoms with E-state index in [2.05, 4.69) is 85.0 Å². The Morgan fingerprint density at radius 3 is 2.35 bits per heavy atom. The number of aryl methyl sites for hydroxylation is 1. The van der Waals surface area contributed by atoms with Gasteiger partial charge in [0.1, 0.15) is 5.82 Å². The number of hydrogen-bond acceptors (Lipinski definition) is 8. The monoisotopic (exact) mass is 491 g/mol. The van der Waals surface area contributed by atoms with Gasteiger partial charge in [0.2, 0.25) is 5.95 Å². The van der Waals surface area contributed by atoms with Crippen LogP contribution in [-0.2, 0) is 6.54 Å². The van der Waals surface area contributed by atoms with Crippen LogP contribution >= 0.6 is 0 Å². The maximum atomic E-state index is 5.14. The number of nitrogens with one attached hydrogen (secondary N) is 2. The molecule has 0 atom stereocenters. The third-order valence-corrected chi connectivity index (χ3v) is 5.78. The van der Waals surface area contributed by atoms with Gasteiger partial charge in [0.25, 0.3) is 0 Å². The summed E-state index contributed by atoms with van der Waals surface area (Å²) in [5.41, 5.74) is 5.65. The Kier molecular flexibility index (Phi) is 7.12. The molecule has 0 aliphatic rings. The van der Waals surface area contributed by atoms with Crippen LogP contribution in [0.3, 0.4) is 0 Å². The highest BCUT2D eigenvalue weighted by Crippen LogP contribution is 2.33. The van der Waals surface area contributed by atoms with Gasteiger partial charge in [-0.05, 0) is 40.5 Å². The van der Waals surface area contributed by atoms with Crippen molar-refractivity contribution in [1.29, 1.82) is 0 Å². The largest absolute Gasteiger partial charge is 0.352 e. The first-order valence-electron chi connectivity index (χ1n) is 12.3. The Morgan fingerprint density at radius 2 is 1.65 bits per heavy atom. The maximum Gasteiger partial charge on any atom is 0.227 e. The Balaban J connectivity index is 1.61. The molecule has 5 aromatic rings. The van der Waals surface area contributed by atoms with Gasteiger partial charge < -0.3 is 10.2 Å². The first-order chi connectivity index (χ1) is 18.0. The van der Waals surface area contributed by atoms with Crippen LogP contribution in [-0.4, -0.2) is 42.1 Å². The second-order valence-electron chi connectivity index (χ2n) is 9.36. The van der Waals surface area contributed by atoms with Crippen molar-refractivity contribution in [2.45, 2.75) is 27.3 Å². The normalized spacial score (nSPS) is 11.0. The zero-order valence-corrected chi connectivity index (χ0v) is 21.1. The Bertz CT molecular complexity index is 1430. The van der Waals surface area contributed by atoms with E-state index in [0.717, 1.165) is 47.0 Å². The van der Waals surface area contributed by atoms with Crippen molar-refractivity contribution in [2.75, 3.05) is 16.8 Å². The summed E-state index contributed by atoms with van der Waals surface area (Å²) in [5, 5.41) is 17.9. The minimum absolute atomic E-state index is 0.443. The molecule has 0 aliphatic heterocycles. The molecule has 0 unspecified atom stereocenters. The Hall–Kier alpha value is -4.66. The quantitative estimate of drug-likeness (QED) is 0.281. The van der Waals surface area contributed by atoms with Crippen LogP contribution in [0.4, 0.5) is 17.5 Å². The molecule has 0 fully saturated rings. The molecule has 3 heterocycles. The minimum atomic E-state index is 0.443. The van der Waals surface area contributed by atoms with E-state index in [1.54, 1.807) is 12.4 Å². The van der Waals surface area contributed by atoms with Crippen molar-refractivity contribution in [3.63, 3.8) is 0 Å². The lowest BCUT2D eigenvalue weighted by atomic mass is 10.0. The number of nitrogens with zero attached hydrogens (tertiary/aromatic N) is 7. The number of anilines is 3. The molecule has 0 spiro atoms. The summed E-state index contributed by atoms with van der Waals surface area (Å²) >= 11 is 0. The smallest absolute Gasteiger partial charge is 0.227 e. The predicted molar refractivity (Wildman–Crippen MR) is 145 cm³/mol. The summed E-state index contributed by atoms with van der Waals surface area (Å²) in [5.74, 6) is 2.41. The molecule has 5 rings (SSSR count). The fourth-order valence-corrected chi connectivity index (χ4v) is 4.14. The van der Waals surface area contributed by atoms with Crippen molar-refractivity contribution in [1.82, 2.24) is 35.6 Å². The van der Waals surface area contributed by atoms with Crippen LogP contribution in [0, 0.1) is 12.8 Å². The van der Waals surface area contributed by atoms with Gasteiger partial charge in [-0.1, -0.05) is 68.4 Å². The number of rotatable bonds is 9. The summed E-state index contributed by atoms with van der Waals surface area (Å²) in [4.78, 5) is 16.3. The van der Waals surface area contributed by atoms with Crippen LogP contribution in [0.2, 0.25) is 0 Å². The topological polar surface area (TPSA) is 108 Å². The van der Waals surface area contributed by atoms with E-state index < -0.39 is 0 Å². The van der Waals surface area contributed by atoms with Gasteiger partial charge >= 0.3 is 0 Å². The van der Waals surface area contributed by atoms with Gasteiger partial charge in [-0.2, -0.15) is 0 Å². The van der Waals surface area contributed by atoms with Crippen LogP contribution < -0.4 is 10.2 Å². The van der Waals surface area contributed by atoms with Gasteiger partial charge in [-0.3, -0.25) is 0 Å². The van der Waals surface area contributed by atoms with Crippen molar-refractivity contribution >= 4 is 17.5 Å². The van der Waals surface area contributed by atoms with Crippen LogP contribution in [0.15, 0.2) is 79.1 Å². The fourth-order valence-electron chi connectivity index (χ4n) is 4.14. The molecule has 9 heteroatoms. The second-order valence-corrected chi connectivity index (χ2v) is 9.36. The van der Waals surface area contributed by atoms with E-state index in [9.17, 15) is 0 Å². The van der Waals surface area contributed by atoms with Gasteiger partial charge in [0, 0.05) is 48.4 Å². The summed E-state index contributed by atoms with van der Waals surface area (Å²) < 4.78 is 0. The van der Waals surface area contributed by atoms with Crippen molar-refractivity contribution in [3.05, 3.63) is 90.3 Å². The summed E-state index contributed by atoms with van der Waals surface area (Å²) in [7, 11) is 0. The zero-order chi connectivity index (χ0) is 25.6. The first-order valence-corrected chi connectivity index (χ1v) is 12.3. The van der Waals surface area contributed by atoms with Gasteiger partial charge in [0.05, 0.1) is 5.69 Å². The van der Waals surface area contributed by atoms with E-state index in [1.165, 1.54) is 5.56 Å². The average Bonchev–Trinajstić information content (AvgIpc) is 3.45. The molecule has 3 aromatic heterocycles. The molecule has 2 aromatic carbocycles. The number of hydrogen-bond donors (Lipinski definition) is 2. The van der Waals surface area contributed by atoms with E-state index in [1.807, 2.05) is 43.3 Å². The molecule has 37 heavy (non-hydrogen) atoms. The molecular formula is C28H29N9. The molecule has 0 saturated carbocycles. The predicted octanol–water partition coefficient (Wildman–Crippen LogP) is 5.43. The number of aromatic amines is 1. The van der Waals surface area contributed by atoms with Crippen LogP contribution in [0.25, 0.3) is 22.6 Å². The molecule has 0 radical (unpaired) electrons. The fraction of sp³-hybridized carbons (Fsp3) is 0.214. The van der Waals surface area contributed by atoms with E-state index in [0.29, 0.717) is 17.7 Å².